The van der Waals surface area contributed by atoms with Gasteiger partial charge in [0.25, 0.3) is 0 Å². The molecule has 2 rings (SSSR count). The van der Waals surface area contributed by atoms with E-state index in [1.54, 1.807) is 19.1 Å². The Morgan fingerprint density at radius 3 is 2.59 bits per heavy atom. The Morgan fingerprint density at radius 1 is 1.23 bits per heavy atom. The van der Waals surface area contributed by atoms with Crippen LogP contribution < -0.4 is 10.6 Å². The first-order chi connectivity index (χ1) is 10.4. The van der Waals surface area contributed by atoms with E-state index >= 15 is 0 Å². The molecule has 2 N–H and O–H groups in total. The van der Waals surface area contributed by atoms with Gasteiger partial charge in [0.1, 0.15) is 5.76 Å². The highest BCUT2D eigenvalue weighted by molar-refractivity contribution is 5.93. The second kappa shape index (κ2) is 6.65. The van der Waals surface area contributed by atoms with Crippen LogP contribution in [0.5, 0.6) is 0 Å². The Hall–Kier alpha value is -2.28. The molecule has 7 heteroatoms. The van der Waals surface area contributed by atoms with Gasteiger partial charge >= 0.3 is 6.18 Å². The van der Waals surface area contributed by atoms with Crippen LogP contribution in [0.2, 0.25) is 0 Å². The SMILES string of the molecule is C[C@H](NCC(=O)Nc1ccccc1C(F)(F)F)c1ccco1. The van der Waals surface area contributed by atoms with Crippen molar-refractivity contribution in [3.63, 3.8) is 0 Å². The van der Waals surface area contributed by atoms with Gasteiger partial charge in [0.15, 0.2) is 0 Å². The summed E-state index contributed by atoms with van der Waals surface area (Å²) in [6.45, 7) is 1.66. The molecule has 0 unspecified atom stereocenters. The van der Waals surface area contributed by atoms with Crippen LogP contribution in [-0.4, -0.2) is 12.5 Å². The lowest BCUT2D eigenvalue weighted by molar-refractivity contribution is -0.137. The van der Waals surface area contributed by atoms with Crippen LogP contribution in [0.15, 0.2) is 47.1 Å². The van der Waals surface area contributed by atoms with Gasteiger partial charge in [0.05, 0.1) is 30.1 Å². The molecule has 2 aromatic rings. The van der Waals surface area contributed by atoms with Gasteiger partial charge in [-0.1, -0.05) is 12.1 Å². The normalized spacial score (nSPS) is 12.9. The molecule has 22 heavy (non-hydrogen) atoms. The second-order valence-electron chi connectivity index (χ2n) is 4.71. The molecule has 1 aromatic carbocycles. The molecule has 0 fully saturated rings. The van der Waals surface area contributed by atoms with Crippen LogP contribution in [0.25, 0.3) is 0 Å². The minimum Gasteiger partial charge on any atom is -0.468 e. The molecule has 118 valence electrons. The summed E-state index contributed by atoms with van der Waals surface area (Å²) in [5, 5.41) is 5.14. The number of benzene rings is 1. The number of nitrogens with one attached hydrogen (secondary N) is 2. The maximum absolute atomic E-state index is 12.8. The summed E-state index contributed by atoms with van der Waals surface area (Å²) >= 11 is 0. The molecule has 0 saturated heterocycles. The van der Waals surface area contributed by atoms with Gasteiger partial charge in [0.2, 0.25) is 5.91 Å². The third-order valence-electron chi connectivity index (χ3n) is 3.05. The lowest BCUT2D eigenvalue weighted by Crippen LogP contribution is -2.30. The van der Waals surface area contributed by atoms with E-state index in [4.69, 9.17) is 4.42 Å². The molecular formula is C15H15F3N2O2. The van der Waals surface area contributed by atoms with Gasteiger partial charge in [0, 0.05) is 0 Å². The maximum Gasteiger partial charge on any atom is 0.418 e. The van der Waals surface area contributed by atoms with Crippen molar-refractivity contribution >= 4 is 11.6 Å². The van der Waals surface area contributed by atoms with Crippen molar-refractivity contribution < 1.29 is 22.4 Å². The summed E-state index contributed by atoms with van der Waals surface area (Å²) in [6.07, 6.45) is -3.01. The Bertz CT molecular complexity index is 624. The van der Waals surface area contributed by atoms with Crippen molar-refractivity contribution in [2.24, 2.45) is 0 Å². The van der Waals surface area contributed by atoms with Gasteiger partial charge in [-0.25, -0.2) is 0 Å². The van der Waals surface area contributed by atoms with Crippen molar-refractivity contribution in [2.75, 3.05) is 11.9 Å². The van der Waals surface area contributed by atoms with E-state index in [1.807, 2.05) is 0 Å². The quantitative estimate of drug-likeness (QED) is 0.887. The number of para-hydroxylation sites is 1. The van der Waals surface area contributed by atoms with Crippen LogP contribution in [0, 0.1) is 0 Å². The first-order valence-electron chi connectivity index (χ1n) is 6.61. The Balaban J connectivity index is 1.95. The fraction of sp³-hybridized carbons (Fsp3) is 0.267. The van der Waals surface area contributed by atoms with E-state index in [0.717, 1.165) is 6.07 Å². The average Bonchev–Trinajstić information content (AvgIpc) is 2.98. The number of rotatable bonds is 5. The summed E-state index contributed by atoms with van der Waals surface area (Å²) in [5.74, 6) is 0.0820. The smallest absolute Gasteiger partial charge is 0.418 e. The molecule has 1 heterocycles. The fourth-order valence-corrected chi connectivity index (χ4v) is 1.92. The van der Waals surface area contributed by atoms with E-state index in [0.29, 0.717) is 5.76 Å². The number of halogens is 3. The van der Waals surface area contributed by atoms with E-state index in [9.17, 15) is 18.0 Å². The molecule has 0 radical (unpaired) electrons. The van der Waals surface area contributed by atoms with Crippen LogP contribution in [0.4, 0.5) is 18.9 Å². The third-order valence-corrected chi connectivity index (χ3v) is 3.05. The zero-order valence-corrected chi connectivity index (χ0v) is 11.8. The number of furan rings is 1. The Kier molecular flexibility index (Phi) is 4.87. The van der Waals surface area contributed by atoms with Crippen molar-refractivity contribution in [3.05, 3.63) is 54.0 Å². The predicted octanol–water partition coefficient (Wildman–Crippen LogP) is 3.59. The summed E-state index contributed by atoms with van der Waals surface area (Å²) in [7, 11) is 0. The molecule has 0 aliphatic rings. The van der Waals surface area contributed by atoms with Gasteiger partial charge in [-0.15, -0.1) is 0 Å². The average molecular weight is 312 g/mol. The number of carbonyl (C=O) groups is 1. The Morgan fingerprint density at radius 2 is 1.95 bits per heavy atom. The zero-order chi connectivity index (χ0) is 16.2. The summed E-state index contributed by atoms with van der Waals surface area (Å²) < 4.78 is 43.6. The molecule has 1 amide bonds. The number of hydrogen-bond acceptors (Lipinski definition) is 3. The van der Waals surface area contributed by atoms with Crippen LogP contribution in [0.1, 0.15) is 24.3 Å². The fourth-order valence-electron chi connectivity index (χ4n) is 1.92. The van der Waals surface area contributed by atoms with Crippen LogP contribution in [0.3, 0.4) is 0 Å². The lowest BCUT2D eigenvalue weighted by atomic mass is 10.1. The van der Waals surface area contributed by atoms with E-state index in [1.165, 1.54) is 24.5 Å². The van der Waals surface area contributed by atoms with E-state index < -0.39 is 17.6 Å². The highest BCUT2D eigenvalue weighted by atomic mass is 19.4. The van der Waals surface area contributed by atoms with E-state index in [-0.39, 0.29) is 18.3 Å². The largest absolute Gasteiger partial charge is 0.468 e. The first-order valence-corrected chi connectivity index (χ1v) is 6.61. The maximum atomic E-state index is 12.8. The summed E-state index contributed by atoms with van der Waals surface area (Å²) in [5.41, 5.74) is -1.13. The molecule has 0 aliphatic carbocycles. The molecule has 0 aliphatic heterocycles. The second-order valence-corrected chi connectivity index (χ2v) is 4.71. The first kappa shape index (κ1) is 16.1. The van der Waals surface area contributed by atoms with E-state index in [2.05, 4.69) is 10.6 Å². The Labute approximate surface area is 125 Å². The minimum atomic E-state index is -4.52. The summed E-state index contributed by atoms with van der Waals surface area (Å²) in [4.78, 5) is 11.8. The van der Waals surface area contributed by atoms with Gasteiger partial charge < -0.3 is 9.73 Å². The molecule has 1 aromatic heterocycles. The topological polar surface area (TPSA) is 54.3 Å². The molecule has 0 bridgehead atoms. The van der Waals surface area contributed by atoms with Gasteiger partial charge in [-0.05, 0) is 31.2 Å². The summed E-state index contributed by atoms with van der Waals surface area (Å²) in [6, 6.07) is 8.09. The number of anilines is 1. The number of alkyl halides is 3. The molecule has 4 nitrogen and oxygen atoms in total. The molecule has 1 atom stereocenters. The van der Waals surface area contributed by atoms with Gasteiger partial charge in [-0.2, -0.15) is 13.2 Å². The van der Waals surface area contributed by atoms with Crippen molar-refractivity contribution in [1.82, 2.24) is 5.32 Å². The van der Waals surface area contributed by atoms with Gasteiger partial charge in [-0.3, -0.25) is 10.1 Å². The zero-order valence-electron chi connectivity index (χ0n) is 11.8. The molecule has 0 saturated carbocycles. The van der Waals surface area contributed by atoms with Crippen molar-refractivity contribution in [2.45, 2.75) is 19.1 Å². The van der Waals surface area contributed by atoms with Crippen molar-refractivity contribution in [3.8, 4) is 0 Å². The van der Waals surface area contributed by atoms with Crippen LogP contribution >= 0.6 is 0 Å². The van der Waals surface area contributed by atoms with Crippen LogP contribution in [-0.2, 0) is 11.0 Å². The number of carbonyl (C=O) groups excluding carboxylic acids is 1. The standard InChI is InChI=1S/C15H15F3N2O2/c1-10(13-7-4-8-22-13)19-9-14(21)20-12-6-3-2-5-11(12)15(16,17)18/h2-8,10,19H,9H2,1H3,(H,20,21)/t10-/m0/s1. The monoisotopic (exact) mass is 312 g/mol. The molecule has 0 spiro atoms. The highest BCUT2D eigenvalue weighted by Gasteiger charge is 2.33. The van der Waals surface area contributed by atoms with Crippen molar-refractivity contribution in [1.29, 1.82) is 0 Å². The number of amides is 1. The predicted molar refractivity (Wildman–Crippen MR) is 75.2 cm³/mol. The lowest BCUT2D eigenvalue weighted by Gasteiger charge is -2.15. The number of hydrogen-bond donors (Lipinski definition) is 2. The highest BCUT2D eigenvalue weighted by Crippen LogP contribution is 2.34. The minimum absolute atomic E-state index is 0.131. The molecular weight excluding hydrogens is 297 g/mol. The third kappa shape index (κ3) is 4.11.